The monoisotopic (exact) mass is 180 g/mol. The van der Waals surface area contributed by atoms with Crippen LogP contribution >= 0.6 is 0 Å². The third kappa shape index (κ3) is 7.83. The number of unbranched alkanes of at least 4 members (excludes halogenated alkanes) is 3. The summed E-state index contributed by atoms with van der Waals surface area (Å²) in [5.74, 6) is 0. The smallest absolute Gasteiger partial charge is 0.0142 e. The topological polar surface area (TPSA) is 0 Å². The molecule has 0 aromatic rings. The zero-order valence-electron chi connectivity index (χ0n) is 9.31. The third-order valence-electron chi connectivity index (χ3n) is 2.25. The molecule has 0 unspecified atom stereocenters. The molecule has 0 aliphatic carbocycles. The van der Waals surface area contributed by atoms with Gasteiger partial charge in [-0.05, 0) is 25.7 Å². The largest absolute Gasteiger partial charge is 0.103 e. The van der Waals surface area contributed by atoms with Crippen molar-refractivity contribution in [1.82, 2.24) is 0 Å². The number of hydrogen-bond donors (Lipinski definition) is 0. The summed E-state index contributed by atoms with van der Waals surface area (Å²) in [4.78, 5) is 0. The summed E-state index contributed by atoms with van der Waals surface area (Å²) >= 11 is 0. The molecule has 0 saturated heterocycles. The van der Waals surface area contributed by atoms with Gasteiger partial charge < -0.3 is 0 Å². The maximum Gasteiger partial charge on any atom is -0.0142 e. The fourth-order valence-corrected chi connectivity index (χ4v) is 1.39. The van der Waals surface area contributed by atoms with E-state index in [4.69, 9.17) is 0 Å². The predicted molar refractivity (Wildman–Crippen MR) is 61.9 cm³/mol. The predicted octanol–water partition coefficient (Wildman–Crippen LogP) is 4.87. The van der Waals surface area contributed by atoms with Crippen LogP contribution < -0.4 is 0 Å². The quantitative estimate of drug-likeness (QED) is 0.369. The molecule has 76 valence electrons. The Morgan fingerprint density at radius 1 is 1.15 bits per heavy atom. The highest BCUT2D eigenvalue weighted by molar-refractivity contribution is 5.06. The van der Waals surface area contributed by atoms with E-state index in [1.807, 2.05) is 6.08 Å². The van der Waals surface area contributed by atoms with E-state index >= 15 is 0 Å². The molecule has 0 aliphatic heterocycles. The molecule has 0 heterocycles. The molecule has 0 aliphatic rings. The minimum Gasteiger partial charge on any atom is -0.103 e. The van der Waals surface area contributed by atoms with Crippen LogP contribution in [0.3, 0.4) is 0 Å². The van der Waals surface area contributed by atoms with Crippen molar-refractivity contribution in [2.24, 2.45) is 0 Å². The van der Waals surface area contributed by atoms with Crippen molar-refractivity contribution in [2.45, 2.75) is 58.8 Å². The molecule has 0 radical (unpaired) electrons. The van der Waals surface area contributed by atoms with E-state index < -0.39 is 0 Å². The first-order chi connectivity index (χ1) is 6.35. The second kappa shape index (κ2) is 9.57. The molecular weight excluding hydrogens is 156 g/mol. The molecule has 0 heteroatoms. The van der Waals surface area contributed by atoms with E-state index in [9.17, 15) is 0 Å². The molecule has 0 fully saturated rings. The Morgan fingerprint density at radius 2 is 1.85 bits per heavy atom. The fraction of sp³-hybridized carbons (Fsp3) is 0.692. The summed E-state index contributed by atoms with van der Waals surface area (Å²) < 4.78 is 0. The Kier molecular flexibility index (Phi) is 9.18. The average Bonchev–Trinajstić information content (AvgIpc) is 2.14. The van der Waals surface area contributed by atoms with Gasteiger partial charge in [-0.1, -0.05) is 50.8 Å². The van der Waals surface area contributed by atoms with Crippen molar-refractivity contribution in [1.29, 1.82) is 0 Å². The lowest BCUT2D eigenvalue weighted by Crippen LogP contribution is -1.83. The van der Waals surface area contributed by atoms with Gasteiger partial charge in [-0.3, -0.25) is 0 Å². The first-order valence-electron chi connectivity index (χ1n) is 5.63. The highest BCUT2D eigenvalue weighted by Crippen LogP contribution is 2.13. The molecule has 0 bridgehead atoms. The normalized spacial score (nSPS) is 11.7. The van der Waals surface area contributed by atoms with Crippen molar-refractivity contribution in [3.8, 4) is 0 Å². The minimum absolute atomic E-state index is 1.09. The molecule has 0 amide bonds. The Morgan fingerprint density at radius 3 is 2.38 bits per heavy atom. The Bertz CT molecular complexity index is 142. The standard InChI is InChI=1S/C13H24/c1-4-7-9-12-13(10-6-3)11-8-5-2/h6,12H,3-5,7-11H2,1-2H3/b13-12-. The van der Waals surface area contributed by atoms with Crippen LogP contribution in [0.25, 0.3) is 0 Å². The van der Waals surface area contributed by atoms with Crippen molar-refractivity contribution in [3.63, 3.8) is 0 Å². The van der Waals surface area contributed by atoms with Gasteiger partial charge in [0.05, 0.1) is 0 Å². The zero-order valence-corrected chi connectivity index (χ0v) is 9.31. The van der Waals surface area contributed by atoms with Gasteiger partial charge in [0.15, 0.2) is 0 Å². The summed E-state index contributed by atoms with van der Waals surface area (Å²) in [6.45, 7) is 8.29. The zero-order chi connectivity index (χ0) is 9.94. The summed E-state index contributed by atoms with van der Waals surface area (Å²) in [6, 6.07) is 0. The van der Waals surface area contributed by atoms with E-state index in [2.05, 4.69) is 26.5 Å². The first-order valence-corrected chi connectivity index (χ1v) is 5.63. The first kappa shape index (κ1) is 12.5. The molecule has 0 aromatic carbocycles. The number of allylic oxidation sites excluding steroid dienone is 3. The van der Waals surface area contributed by atoms with Crippen molar-refractivity contribution >= 4 is 0 Å². The Labute approximate surface area is 83.7 Å². The maximum absolute atomic E-state index is 3.80. The summed E-state index contributed by atoms with van der Waals surface area (Å²) in [6.07, 6.45) is 13.3. The van der Waals surface area contributed by atoms with Gasteiger partial charge in [-0.25, -0.2) is 0 Å². The minimum atomic E-state index is 1.09. The Hall–Kier alpha value is -0.520. The van der Waals surface area contributed by atoms with E-state index in [1.54, 1.807) is 5.57 Å². The average molecular weight is 180 g/mol. The highest BCUT2D eigenvalue weighted by atomic mass is 14.0. The maximum atomic E-state index is 3.80. The van der Waals surface area contributed by atoms with Crippen LogP contribution in [-0.2, 0) is 0 Å². The lowest BCUT2D eigenvalue weighted by atomic mass is 10.0. The van der Waals surface area contributed by atoms with Gasteiger partial charge >= 0.3 is 0 Å². The third-order valence-corrected chi connectivity index (χ3v) is 2.25. The van der Waals surface area contributed by atoms with Gasteiger partial charge in [0.25, 0.3) is 0 Å². The van der Waals surface area contributed by atoms with Crippen LogP contribution in [-0.4, -0.2) is 0 Å². The summed E-state index contributed by atoms with van der Waals surface area (Å²) in [5.41, 5.74) is 1.59. The lowest BCUT2D eigenvalue weighted by Gasteiger charge is -2.03. The number of rotatable bonds is 8. The molecule has 0 nitrogen and oxygen atoms in total. The molecule has 0 saturated carbocycles. The van der Waals surface area contributed by atoms with Gasteiger partial charge in [0.2, 0.25) is 0 Å². The summed E-state index contributed by atoms with van der Waals surface area (Å²) in [7, 11) is 0. The molecule has 13 heavy (non-hydrogen) atoms. The van der Waals surface area contributed by atoms with E-state index in [-0.39, 0.29) is 0 Å². The van der Waals surface area contributed by atoms with Crippen LogP contribution in [0.2, 0.25) is 0 Å². The van der Waals surface area contributed by atoms with Gasteiger partial charge in [-0.15, -0.1) is 6.58 Å². The SMILES string of the molecule is C=CC/C(=C/CCCC)CCCC. The van der Waals surface area contributed by atoms with Gasteiger partial charge in [-0.2, -0.15) is 0 Å². The summed E-state index contributed by atoms with van der Waals surface area (Å²) in [5, 5.41) is 0. The second-order valence-corrected chi connectivity index (χ2v) is 3.60. The highest BCUT2D eigenvalue weighted by Gasteiger charge is 1.93. The van der Waals surface area contributed by atoms with Crippen LogP contribution in [0, 0.1) is 0 Å². The van der Waals surface area contributed by atoms with Crippen molar-refractivity contribution in [2.75, 3.05) is 0 Å². The van der Waals surface area contributed by atoms with Gasteiger partial charge in [0.1, 0.15) is 0 Å². The van der Waals surface area contributed by atoms with E-state index in [0.29, 0.717) is 0 Å². The molecule has 0 atom stereocenters. The van der Waals surface area contributed by atoms with Crippen molar-refractivity contribution in [3.05, 3.63) is 24.3 Å². The van der Waals surface area contributed by atoms with Crippen LogP contribution in [0.15, 0.2) is 24.3 Å². The molecular formula is C13H24. The number of hydrogen-bond acceptors (Lipinski definition) is 0. The van der Waals surface area contributed by atoms with Crippen molar-refractivity contribution < 1.29 is 0 Å². The van der Waals surface area contributed by atoms with Gasteiger partial charge in [0, 0.05) is 0 Å². The molecule has 0 aromatic heterocycles. The fourth-order valence-electron chi connectivity index (χ4n) is 1.39. The Balaban J connectivity index is 3.75. The molecule has 0 N–H and O–H groups in total. The van der Waals surface area contributed by atoms with Crippen LogP contribution in [0.4, 0.5) is 0 Å². The van der Waals surface area contributed by atoms with E-state index in [0.717, 1.165) is 6.42 Å². The lowest BCUT2D eigenvalue weighted by molar-refractivity contribution is 0.757. The molecule has 0 rings (SSSR count). The molecule has 0 spiro atoms. The van der Waals surface area contributed by atoms with Crippen LogP contribution in [0.5, 0.6) is 0 Å². The van der Waals surface area contributed by atoms with E-state index in [1.165, 1.54) is 38.5 Å². The van der Waals surface area contributed by atoms with Crippen LogP contribution in [0.1, 0.15) is 58.8 Å². The second-order valence-electron chi connectivity index (χ2n) is 3.60.